The Balaban J connectivity index is 1.65. The SMILES string of the molecule is NC(=NCc1ccc(-n2ccc(C(F)(F)F)n2)cc1)N1CCSCC1. The number of thioether (sulfide) groups is 1. The number of hydrogen-bond donors (Lipinski definition) is 1. The zero-order valence-corrected chi connectivity index (χ0v) is 14.2. The van der Waals surface area contributed by atoms with Gasteiger partial charge in [-0.25, -0.2) is 9.67 Å². The first-order valence-corrected chi connectivity index (χ1v) is 8.94. The van der Waals surface area contributed by atoms with Crippen LogP contribution >= 0.6 is 11.8 Å². The van der Waals surface area contributed by atoms with Crippen molar-refractivity contribution >= 4 is 17.7 Å². The predicted molar refractivity (Wildman–Crippen MR) is 92.8 cm³/mol. The van der Waals surface area contributed by atoms with Crippen LogP contribution in [0, 0.1) is 0 Å². The predicted octanol–water partition coefficient (Wildman–Crippen LogP) is 2.75. The third-order valence-corrected chi connectivity index (χ3v) is 4.78. The lowest BCUT2D eigenvalue weighted by Gasteiger charge is -2.27. The van der Waals surface area contributed by atoms with Crippen molar-refractivity contribution in [1.29, 1.82) is 0 Å². The van der Waals surface area contributed by atoms with Crippen molar-refractivity contribution in [2.45, 2.75) is 12.7 Å². The van der Waals surface area contributed by atoms with Crippen LogP contribution in [0.1, 0.15) is 11.3 Å². The van der Waals surface area contributed by atoms with Crippen molar-refractivity contribution in [3.05, 3.63) is 47.8 Å². The summed E-state index contributed by atoms with van der Waals surface area (Å²) in [6.07, 6.45) is -3.15. The number of halogens is 3. The summed E-state index contributed by atoms with van der Waals surface area (Å²) in [6.45, 7) is 2.24. The molecule has 3 rings (SSSR count). The van der Waals surface area contributed by atoms with Gasteiger partial charge in [0.2, 0.25) is 0 Å². The Morgan fingerprint density at radius 3 is 2.44 bits per heavy atom. The van der Waals surface area contributed by atoms with Crippen LogP contribution in [0.3, 0.4) is 0 Å². The summed E-state index contributed by atoms with van der Waals surface area (Å²) in [6, 6.07) is 8.01. The molecule has 1 aliphatic rings. The average Bonchev–Trinajstić information content (AvgIpc) is 3.11. The van der Waals surface area contributed by atoms with Gasteiger partial charge in [-0.15, -0.1) is 0 Å². The molecule has 1 aromatic carbocycles. The van der Waals surface area contributed by atoms with E-state index < -0.39 is 11.9 Å². The third kappa shape index (κ3) is 4.47. The second-order valence-electron chi connectivity index (χ2n) is 5.58. The van der Waals surface area contributed by atoms with Crippen molar-refractivity contribution in [3.63, 3.8) is 0 Å². The smallest absolute Gasteiger partial charge is 0.370 e. The number of alkyl halides is 3. The first kappa shape index (κ1) is 17.7. The molecule has 0 radical (unpaired) electrons. The highest BCUT2D eigenvalue weighted by Gasteiger charge is 2.33. The molecule has 0 aliphatic carbocycles. The molecular formula is C16H18F3N5S. The minimum atomic E-state index is -4.44. The monoisotopic (exact) mass is 369 g/mol. The van der Waals surface area contributed by atoms with E-state index in [-0.39, 0.29) is 0 Å². The summed E-state index contributed by atoms with van der Waals surface area (Å²) in [4.78, 5) is 6.46. The zero-order chi connectivity index (χ0) is 17.9. The van der Waals surface area contributed by atoms with Crippen molar-refractivity contribution in [3.8, 4) is 5.69 Å². The average molecular weight is 369 g/mol. The summed E-state index contributed by atoms with van der Waals surface area (Å²) in [5, 5.41) is 3.55. The van der Waals surface area contributed by atoms with Gasteiger partial charge in [0.05, 0.1) is 12.2 Å². The normalized spacial score (nSPS) is 16.3. The molecule has 1 fully saturated rings. The Bertz CT molecular complexity index is 733. The van der Waals surface area contributed by atoms with Crippen LogP contribution in [0.25, 0.3) is 5.69 Å². The van der Waals surface area contributed by atoms with E-state index in [1.54, 1.807) is 12.1 Å². The molecule has 5 nitrogen and oxygen atoms in total. The molecule has 0 spiro atoms. The molecule has 2 heterocycles. The number of guanidine groups is 1. The Morgan fingerprint density at radius 2 is 1.84 bits per heavy atom. The summed E-state index contributed by atoms with van der Waals surface area (Å²) in [5.41, 5.74) is 6.59. The molecule has 2 N–H and O–H groups in total. The number of aromatic nitrogens is 2. The molecule has 2 aromatic rings. The van der Waals surface area contributed by atoms with Gasteiger partial charge in [0.25, 0.3) is 0 Å². The molecule has 0 amide bonds. The number of hydrogen-bond acceptors (Lipinski definition) is 3. The molecule has 0 saturated carbocycles. The Morgan fingerprint density at radius 1 is 1.16 bits per heavy atom. The fourth-order valence-corrected chi connectivity index (χ4v) is 3.34. The Labute approximate surface area is 147 Å². The minimum Gasteiger partial charge on any atom is -0.370 e. The lowest BCUT2D eigenvalue weighted by atomic mass is 10.2. The minimum absolute atomic E-state index is 0.433. The molecular weight excluding hydrogens is 351 g/mol. The van der Waals surface area contributed by atoms with Crippen LogP contribution < -0.4 is 5.73 Å². The van der Waals surface area contributed by atoms with Gasteiger partial charge in [0.1, 0.15) is 0 Å². The molecule has 1 saturated heterocycles. The van der Waals surface area contributed by atoms with Gasteiger partial charge in [0, 0.05) is 30.8 Å². The summed E-state index contributed by atoms with van der Waals surface area (Å²) >= 11 is 1.90. The van der Waals surface area contributed by atoms with Crippen LogP contribution in [0.2, 0.25) is 0 Å². The van der Waals surface area contributed by atoms with E-state index in [0.717, 1.165) is 36.2 Å². The molecule has 0 bridgehead atoms. The first-order valence-electron chi connectivity index (χ1n) is 7.78. The fourth-order valence-electron chi connectivity index (χ4n) is 2.44. The third-order valence-electron chi connectivity index (χ3n) is 3.84. The lowest BCUT2D eigenvalue weighted by molar-refractivity contribution is -0.141. The lowest BCUT2D eigenvalue weighted by Crippen LogP contribution is -2.42. The van der Waals surface area contributed by atoms with E-state index >= 15 is 0 Å². The second-order valence-corrected chi connectivity index (χ2v) is 6.81. The van der Waals surface area contributed by atoms with Crippen LogP contribution in [0.15, 0.2) is 41.5 Å². The van der Waals surface area contributed by atoms with Gasteiger partial charge in [-0.2, -0.15) is 30.0 Å². The topological polar surface area (TPSA) is 59.4 Å². The first-order chi connectivity index (χ1) is 11.9. The van der Waals surface area contributed by atoms with Crippen LogP contribution in [-0.4, -0.2) is 45.2 Å². The highest BCUT2D eigenvalue weighted by atomic mass is 32.2. The van der Waals surface area contributed by atoms with Gasteiger partial charge in [-0.1, -0.05) is 12.1 Å². The van der Waals surface area contributed by atoms with Crippen LogP contribution in [0.4, 0.5) is 13.2 Å². The zero-order valence-electron chi connectivity index (χ0n) is 13.4. The van der Waals surface area contributed by atoms with E-state index in [9.17, 15) is 13.2 Å². The molecule has 1 aromatic heterocycles. The Hall–Kier alpha value is -2.16. The highest BCUT2D eigenvalue weighted by molar-refractivity contribution is 7.99. The number of aliphatic imine (C=N–C) groups is 1. The molecule has 0 atom stereocenters. The van der Waals surface area contributed by atoms with Gasteiger partial charge in [0.15, 0.2) is 11.7 Å². The van der Waals surface area contributed by atoms with Crippen LogP contribution in [0.5, 0.6) is 0 Å². The summed E-state index contributed by atoms with van der Waals surface area (Å²) < 4.78 is 39.0. The van der Waals surface area contributed by atoms with Crippen LogP contribution in [-0.2, 0) is 12.7 Å². The van der Waals surface area contributed by atoms with E-state index in [1.165, 1.54) is 10.9 Å². The molecule has 25 heavy (non-hydrogen) atoms. The maximum Gasteiger partial charge on any atom is 0.435 e. The molecule has 0 unspecified atom stereocenters. The number of rotatable bonds is 3. The number of nitrogens with zero attached hydrogens (tertiary/aromatic N) is 4. The summed E-state index contributed by atoms with van der Waals surface area (Å²) in [5.74, 6) is 2.63. The van der Waals surface area contributed by atoms with E-state index in [1.807, 2.05) is 23.9 Å². The van der Waals surface area contributed by atoms with Gasteiger partial charge in [-0.3, -0.25) is 0 Å². The standard InChI is InChI=1S/C16H18F3N5S/c17-16(18,19)14-5-6-24(22-14)13-3-1-12(2-4-13)11-21-15(20)23-7-9-25-10-8-23/h1-6H,7-11H2,(H2,20,21). The number of benzene rings is 1. The second kappa shape index (κ2) is 7.38. The van der Waals surface area contributed by atoms with Crippen molar-refractivity contribution < 1.29 is 13.2 Å². The van der Waals surface area contributed by atoms with Gasteiger partial charge < -0.3 is 10.6 Å². The maximum absolute atomic E-state index is 12.6. The van der Waals surface area contributed by atoms with E-state index in [0.29, 0.717) is 18.2 Å². The fraction of sp³-hybridized carbons (Fsp3) is 0.375. The van der Waals surface area contributed by atoms with Crippen molar-refractivity contribution in [2.75, 3.05) is 24.6 Å². The Kier molecular flexibility index (Phi) is 5.22. The van der Waals surface area contributed by atoms with Gasteiger partial charge >= 0.3 is 6.18 Å². The summed E-state index contributed by atoms with van der Waals surface area (Å²) in [7, 11) is 0. The van der Waals surface area contributed by atoms with Crippen molar-refractivity contribution in [1.82, 2.24) is 14.7 Å². The highest BCUT2D eigenvalue weighted by Crippen LogP contribution is 2.27. The molecule has 1 aliphatic heterocycles. The number of nitrogens with two attached hydrogens (primary N) is 1. The van der Waals surface area contributed by atoms with Crippen molar-refractivity contribution in [2.24, 2.45) is 10.7 Å². The maximum atomic E-state index is 12.6. The van der Waals surface area contributed by atoms with Gasteiger partial charge in [-0.05, 0) is 23.8 Å². The quantitative estimate of drug-likeness (QED) is 0.668. The molecule has 9 heteroatoms. The largest absolute Gasteiger partial charge is 0.435 e. The van der Waals surface area contributed by atoms with E-state index in [4.69, 9.17) is 5.73 Å². The molecule has 134 valence electrons. The van der Waals surface area contributed by atoms with E-state index in [2.05, 4.69) is 15.0 Å².